The maximum absolute atomic E-state index is 13.8. The smallest absolute Gasteiger partial charge is 0.323 e. The van der Waals surface area contributed by atoms with Crippen molar-refractivity contribution in [2.75, 3.05) is 18.1 Å². The molecular weight excluding hydrogens is 420 g/mol. The van der Waals surface area contributed by atoms with Crippen LogP contribution in [0.5, 0.6) is 0 Å². The first kappa shape index (κ1) is 22.2. The SMILES string of the molecule is CCOC(=O)C(C(=O)OCC)C1(c2ccccc2)c2cnccc2C(=O)N1c1ccccc1. The van der Waals surface area contributed by atoms with Crippen molar-refractivity contribution in [2.45, 2.75) is 19.4 Å². The Morgan fingerprint density at radius 2 is 1.48 bits per heavy atom. The van der Waals surface area contributed by atoms with Crippen LogP contribution in [0.2, 0.25) is 0 Å². The highest BCUT2D eigenvalue weighted by Crippen LogP contribution is 2.51. The molecule has 7 heteroatoms. The van der Waals surface area contributed by atoms with E-state index in [-0.39, 0.29) is 19.1 Å². The van der Waals surface area contributed by atoms with Gasteiger partial charge in [0.25, 0.3) is 5.91 Å². The first-order valence-electron chi connectivity index (χ1n) is 10.8. The Kier molecular flexibility index (Phi) is 6.22. The fraction of sp³-hybridized carbons (Fsp3) is 0.231. The van der Waals surface area contributed by atoms with E-state index in [1.165, 1.54) is 17.3 Å². The van der Waals surface area contributed by atoms with E-state index in [1.54, 1.807) is 68.4 Å². The fourth-order valence-electron chi connectivity index (χ4n) is 4.50. The molecule has 2 aromatic carbocycles. The van der Waals surface area contributed by atoms with Crippen molar-refractivity contribution in [1.29, 1.82) is 0 Å². The van der Waals surface area contributed by atoms with Crippen LogP contribution in [0.4, 0.5) is 5.69 Å². The molecule has 1 aliphatic rings. The topological polar surface area (TPSA) is 85.8 Å². The van der Waals surface area contributed by atoms with Crippen LogP contribution in [-0.2, 0) is 24.6 Å². The normalized spacial score (nSPS) is 17.1. The number of amides is 1. The van der Waals surface area contributed by atoms with E-state index >= 15 is 0 Å². The monoisotopic (exact) mass is 444 g/mol. The van der Waals surface area contributed by atoms with Gasteiger partial charge in [-0.3, -0.25) is 24.3 Å². The van der Waals surface area contributed by atoms with Crippen LogP contribution in [0.15, 0.2) is 79.1 Å². The Morgan fingerprint density at radius 1 is 0.909 bits per heavy atom. The molecule has 33 heavy (non-hydrogen) atoms. The van der Waals surface area contributed by atoms with Gasteiger partial charge in [0, 0.05) is 29.2 Å². The Morgan fingerprint density at radius 3 is 2.06 bits per heavy atom. The quantitative estimate of drug-likeness (QED) is 0.408. The minimum Gasteiger partial charge on any atom is -0.465 e. The number of para-hydroxylation sites is 1. The van der Waals surface area contributed by atoms with Gasteiger partial charge in [0.05, 0.1) is 13.2 Å². The van der Waals surface area contributed by atoms with Crippen LogP contribution >= 0.6 is 0 Å². The van der Waals surface area contributed by atoms with Gasteiger partial charge in [-0.15, -0.1) is 0 Å². The van der Waals surface area contributed by atoms with E-state index in [0.717, 1.165) is 0 Å². The summed E-state index contributed by atoms with van der Waals surface area (Å²) in [7, 11) is 0. The van der Waals surface area contributed by atoms with Crippen LogP contribution in [-0.4, -0.2) is 36.0 Å². The molecule has 1 unspecified atom stereocenters. The summed E-state index contributed by atoms with van der Waals surface area (Å²) in [6.45, 7) is 3.47. The minimum atomic E-state index is -1.55. The van der Waals surface area contributed by atoms with Crippen molar-refractivity contribution < 1.29 is 23.9 Å². The molecule has 7 nitrogen and oxygen atoms in total. The fourth-order valence-corrected chi connectivity index (χ4v) is 4.50. The summed E-state index contributed by atoms with van der Waals surface area (Å²) in [6.07, 6.45) is 3.05. The molecule has 3 aromatic rings. The number of ether oxygens (including phenoxy) is 2. The molecule has 0 bridgehead atoms. The number of aromatic nitrogens is 1. The zero-order valence-electron chi connectivity index (χ0n) is 18.4. The highest BCUT2D eigenvalue weighted by molar-refractivity contribution is 6.15. The van der Waals surface area contributed by atoms with Gasteiger partial charge in [-0.05, 0) is 37.6 Å². The summed E-state index contributed by atoms with van der Waals surface area (Å²) in [5.41, 5.74) is 0.343. The second kappa shape index (κ2) is 9.24. The van der Waals surface area contributed by atoms with Crippen molar-refractivity contribution in [3.8, 4) is 0 Å². The summed E-state index contributed by atoms with van der Waals surface area (Å²) in [6, 6.07) is 19.6. The molecule has 168 valence electrons. The molecule has 1 amide bonds. The highest BCUT2D eigenvalue weighted by atomic mass is 16.6. The van der Waals surface area contributed by atoms with E-state index in [1.807, 2.05) is 12.1 Å². The summed E-state index contributed by atoms with van der Waals surface area (Å²) in [5, 5.41) is 0. The number of anilines is 1. The number of pyridine rings is 1. The third-order valence-corrected chi connectivity index (χ3v) is 5.71. The summed E-state index contributed by atoms with van der Waals surface area (Å²) in [4.78, 5) is 46.5. The van der Waals surface area contributed by atoms with Gasteiger partial charge in [0.15, 0.2) is 5.92 Å². The maximum Gasteiger partial charge on any atom is 0.323 e. The van der Waals surface area contributed by atoms with E-state index < -0.39 is 23.4 Å². The molecule has 0 saturated heterocycles. The van der Waals surface area contributed by atoms with Crippen LogP contribution < -0.4 is 4.90 Å². The van der Waals surface area contributed by atoms with Gasteiger partial charge in [0.1, 0.15) is 5.54 Å². The lowest BCUT2D eigenvalue weighted by Crippen LogP contribution is -2.56. The van der Waals surface area contributed by atoms with Crippen molar-refractivity contribution in [2.24, 2.45) is 5.92 Å². The lowest BCUT2D eigenvalue weighted by molar-refractivity contribution is -0.164. The molecule has 0 fully saturated rings. The van der Waals surface area contributed by atoms with E-state index in [0.29, 0.717) is 22.4 Å². The highest BCUT2D eigenvalue weighted by Gasteiger charge is 2.62. The van der Waals surface area contributed by atoms with E-state index in [2.05, 4.69) is 4.98 Å². The van der Waals surface area contributed by atoms with Crippen LogP contribution in [0.3, 0.4) is 0 Å². The number of esters is 2. The number of nitrogens with zero attached hydrogens (tertiary/aromatic N) is 2. The minimum absolute atomic E-state index is 0.0682. The maximum atomic E-state index is 13.8. The first-order chi connectivity index (χ1) is 16.1. The van der Waals surface area contributed by atoms with Crippen molar-refractivity contribution in [3.05, 3.63) is 95.8 Å². The van der Waals surface area contributed by atoms with Gasteiger partial charge in [-0.25, -0.2) is 0 Å². The van der Waals surface area contributed by atoms with Crippen molar-refractivity contribution in [3.63, 3.8) is 0 Å². The predicted octanol–water partition coefficient (Wildman–Crippen LogP) is 3.73. The molecule has 0 saturated carbocycles. The second-order valence-electron chi connectivity index (χ2n) is 7.47. The Labute approximate surface area is 192 Å². The average Bonchev–Trinajstić information content (AvgIpc) is 3.10. The number of hydrogen-bond acceptors (Lipinski definition) is 6. The largest absolute Gasteiger partial charge is 0.465 e. The number of carbonyl (C=O) groups is 3. The number of hydrogen-bond donors (Lipinski definition) is 0. The Bertz CT molecular complexity index is 1150. The lowest BCUT2D eigenvalue weighted by atomic mass is 9.72. The number of rotatable bonds is 7. The van der Waals surface area contributed by atoms with E-state index in [4.69, 9.17) is 9.47 Å². The molecule has 1 atom stereocenters. The molecule has 0 N–H and O–H groups in total. The molecule has 1 aromatic heterocycles. The zero-order chi connectivity index (χ0) is 23.4. The van der Waals surface area contributed by atoms with Crippen LogP contribution in [0.25, 0.3) is 0 Å². The summed E-state index contributed by atoms with van der Waals surface area (Å²) >= 11 is 0. The summed E-state index contributed by atoms with van der Waals surface area (Å²) in [5.74, 6) is -3.37. The third-order valence-electron chi connectivity index (χ3n) is 5.71. The van der Waals surface area contributed by atoms with Gasteiger partial charge in [-0.1, -0.05) is 48.5 Å². The molecule has 1 aliphatic heterocycles. The van der Waals surface area contributed by atoms with Crippen LogP contribution in [0.1, 0.15) is 35.3 Å². The third kappa shape index (κ3) is 3.55. The van der Waals surface area contributed by atoms with Crippen LogP contribution in [0, 0.1) is 5.92 Å². The van der Waals surface area contributed by atoms with Gasteiger partial charge < -0.3 is 9.47 Å². The molecule has 4 rings (SSSR count). The number of carbonyl (C=O) groups excluding carboxylic acids is 3. The molecule has 0 radical (unpaired) electrons. The lowest BCUT2D eigenvalue weighted by Gasteiger charge is -2.42. The van der Waals surface area contributed by atoms with E-state index in [9.17, 15) is 14.4 Å². The molecule has 0 aliphatic carbocycles. The van der Waals surface area contributed by atoms with Crippen molar-refractivity contribution in [1.82, 2.24) is 4.98 Å². The average molecular weight is 444 g/mol. The zero-order valence-corrected chi connectivity index (χ0v) is 18.4. The number of fused-ring (bicyclic) bond motifs is 1. The van der Waals surface area contributed by atoms with Gasteiger partial charge in [-0.2, -0.15) is 0 Å². The summed E-state index contributed by atoms with van der Waals surface area (Å²) < 4.78 is 10.7. The second-order valence-corrected chi connectivity index (χ2v) is 7.47. The molecular formula is C26H24N2O5. The molecule has 2 heterocycles. The standard InChI is InChI=1S/C26H24N2O5/c1-3-32-24(30)22(25(31)33-4-2)26(18-11-7-5-8-12-18)21-17-27-16-15-20(21)23(29)28(26)19-13-9-6-10-14-19/h5-17,22H,3-4H2,1-2H3. The first-order valence-corrected chi connectivity index (χ1v) is 10.8. The van der Waals surface area contributed by atoms with Gasteiger partial charge >= 0.3 is 11.9 Å². The Hall–Kier alpha value is -4.00. The Balaban J connectivity index is 2.13. The number of benzene rings is 2. The molecule has 0 spiro atoms. The predicted molar refractivity (Wildman–Crippen MR) is 121 cm³/mol. The van der Waals surface area contributed by atoms with Gasteiger partial charge in [0.2, 0.25) is 0 Å². The van der Waals surface area contributed by atoms with Crippen molar-refractivity contribution >= 4 is 23.5 Å².